The van der Waals surface area contributed by atoms with E-state index in [1.165, 1.54) is 25.1 Å². The Balaban J connectivity index is 2.64. The molecule has 1 unspecified atom stereocenters. The number of ether oxygens (including phenoxy) is 1. The molecule has 110 valence electrons. The van der Waals surface area contributed by atoms with Crippen LogP contribution in [0, 0.1) is 17.6 Å². The molecule has 1 rings (SSSR count). The lowest BCUT2D eigenvalue weighted by molar-refractivity contribution is -0.146. The van der Waals surface area contributed by atoms with Crippen LogP contribution in [-0.2, 0) is 20.7 Å². The molecule has 0 N–H and O–H groups in total. The van der Waals surface area contributed by atoms with E-state index < -0.39 is 23.5 Å². The Morgan fingerprint density at radius 2 is 2.00 bits per heavy atom. The van der Waals surface area contributed by atoms with E-state index in [1.54, 1.807) is 6.92 Å². The van der Waals surface area contributed by atoms with E-state index in [-0.39, 0.29) is 24.4 Å². The molecule has 1 aromatic carbocycles. The molecule has 0 saturated heterocycles. The first-order chi connectivity index (χ1) is 9.35. The molecule has 6 heteroatoms. The Morgan fingerprint density at radius 1 is 1.35 bits per heavy atom. The fourth-order valence-electron chi connectivity index (χ4n) is 1.75. The Hall–Kier alpha value is -1.98. The molecule has 20 heavy (non-hydrogen) atoms. The van der Waals surface area contributed by atoms with Gasteiger partial charge in [0.05, 0.1) is 19.4 Å². The Morgan fingerprint density at radius 3 is 2.55 bits per heavy atom. The first kappa shape index (κ1) is 16.1. The van der Waals surface area contributed by atoms with Crippen LogP contribution >= 0.6 is 0 Å². The van der Waals surface area contributed by atoms with E-state index in [4.69, 9.17) is 0 Å². The second-order valence-corrected chi connectivity index (χ2v) is 4.61. The lowest BCUT2D eigenvalue weighted by Crippen LogP contribution is -2.35. The van der Waals surface area contributed by atoms with Crippen molar-refractivity contribution in [3.05, 3.63) is 35.4 Å². The zero-order chi connectivity index (χ0) is 15.3. The highest BCUT2D eigenvalue weighted by atomic mass is 19.1. The molecule has 0 radical (unpaired) electrons. The van der Waals surface area contributed by atoms with Gasteiger partial charge in [-0.1, -0.05) is 13.0 Å². The van der Waals surface area contributed by atoms with Crippen molar-refractivity contribution in [2.45, 2.75) is 13.3 Å². The SMILES string of the molecule is COC(=O)C(C)CN(C)C(=O)Cc1ccc(F)cc1F. The highest BCUT2D eigenvalue weighted by Gasteiger charge is 2.19. The Labute approximate surface area is 116 Å². The molecule has 0 aliphatic heterocycles. The monoisotopic (exact) mass is 285 g/mol. The number of hydrogen-bond donors (Lipinski definition) is 0. The van der Waals surface area contributed by atoms with Gasteiger partial charge < -0.3 is 9.64 Å². The molecule has 0 saturated carbocycles. The number of rotatable bonds is 5. The molecule has 0 spiro atoms. The number of carbonyl (C=O) groups excluding carboxylic acids is 2. The quantitative estimate of drug-likeness (QED) is 0.775. The van der Waals surface area contributed by atoms with Crippen LogP contribution in [-0.4, -0.2) is 37.5 Å². The van der Waals surface area contributed by atoms with Gasteiger partial charge in [0, 0.05) is 19.7 Å². The minimum atomic E-state index is -0.757. The van der Waals surface area contributed by atoms with E-state index in [0.29, 0.717) is 0 Å². The van der Waals surface area contributed by atoms with Gasteiger partial charge in [0.1, 0.15) is 11.6 Å². The summed E-state index contributed by atoms with van der Waals surface area (Å²) in [6.45, 7) is 1.81. The second kappa shape index (κ2) is 6.98. The number of carbonyl (C=O) groups is 2. The molecule has 4 nitrogen and oxygen atoms in total. The van der Waals surface area contributed by atoms with Gasteiger partial charge in [-0.15, -0.1) is 0 Å². The van der Waals surface area contributed by atoms with Crippen molar-refractivity contribution in [1.82, 2.24) is 4.90 Å². The number of likely N-dealkylation sites (N-methyl/N-ethyl adjacent to an activating group) is 1. The van der Waals surface area contributed by atoms with Gasteiger partial charge in [-0.05, 0) is 11.6 Å². The summed E-state index contributed by atoms with van der Waals surface area (Å²) < 4.78 is 30.8. The molecule has 0 aromatic heterocycles. The average molecular weight is 285 g/mol. The third-order valence-corrected chi connectivity index (χ3v) is 2.93. The Kier molecular flexibility index (Phi) is 5.61. The molecule has 0 bridgehead atoms. The van der Waals surface area contributed by atoms with Crippen LogP contribution in [0.3, 0.4) is 0 Å². The van der Waals surface area contributed by atoms with Crippen molar-refractivity contribution in [1.29, 1.82) is 0 Å². The zero-order valence-corrected chi connectivity index (χ0v) is 11.7. The number of amides is 1. The molecular weight excluding hydrogens is 268 g/mol. The number of benzene rings is 1. The van der Waals surface area contributed by atoms with E-state index in [0.717, 1.165) is 12.1 Å². The van der Waals surface area contributed by atoms with Gasteiger partial charge in [0.15, 0.2) is 0 Å². The normalized spacial score (nSPS) is 11.8. The van der Waals surface area contributed by atoms with E-state index in [9.17, 15) is 18.4 Å². The summed E-state index contributed by atoms with van der Waals surface area (Å²) in [5, 5.41) is 0. The van der Waals surface area contributed by atoms with Crippen LogP contribution in [0.25, 0.3) is 0 Å². The van der Waals surface area contributed by atoms with Gasteiger partial charge in [0.2, 0.25) is 5.91 Å². The molecule has 1 atom stereocenters. The summed E-state index contributed by atoms with van der Waals surface area (Å²) >= 11 is 0. The maximum atomic E-state index is 13.4. The van der Waals surface area contributed by atoms with E-state index >= 15 is 0 Å². The summed E-state index contributed by atoms with van der Waals surface area (Å²) in [5.41, 5.74) is 0.119. The van der Waals surface area contributed by atoms with Crippen LogP contribution in [0.4, 0.5) is 8.78 Å². The number of halogens is 2. The highest BCUT2D eigenvalue weighted by molar-refractivity contribution is 5.79. The zero-order valence-electron chi connectivity index (χ0n) is 11.7. The predicted octanol–water partition coefficient (Wildman–Crippen LogP) is 1.77. The Bertz CT molecular complexity index is 505. The third-order valence-electron chi connectivity index (χ3n) is 2.93. The van der Waals surface area contributed by atoms with Gasteiger partial charge >= 0.3 is 5.97 Å². The van der Waals surface area contributed by atoms with Crippen LogP contribution in [0.1, 0.15) is 12.5 Å². The van der Waals surface area contributed by atoms with Gasteiger partial charge in [0.25, 0.3) is 0 Å². The minimum absolute atomic E-state index is 0.119. The predicted molar refractivity (Wildman–Crippen MR) is 68.9 cm³/mol. The highest BCUT2D eigenvalue weighted by Crippen LogP contribution is 2.11. The number of hydrogen-bond acceptors (Lipinski definition) is 3. The smallest absolute Gasteiger partial charge is 0.310 e. The van der Waals surface area contributed by atoms with Crippen molar-refractivity contribution < 1.29 is 23.1 Å². The number of methoxy groups -OCH3 is 1. The standard InChI is InChI=1S/C14H17F2NO3/c1-9(14(19)20-3)8-17(2)13(18)6-10-4-5-11(15)7-12(10)16/h4-5,7,9H,6,8H2,1-3H3. The van der Waals surface area contributed by atoms with E-state index in [1.807, 2.05) is 0 Å². The summed E-state index contributed by atoms with van der Waals surface area (Å²) in [6, 6.07) is 3.07. The average Bonchev–Trinajstić information content (AvgIpc) is 2.40. The molecule has 1 amide bonds. The first-order valence-corrected chi connectivity index (χ1v) is 6.11. The summed E-state index contributed by atoms with van der Waals surface area (Å²) in [5.74, 6) is -2.69. The minimum Gasteiger partial charge on any atom is -0.469 e. The molecule has 1 aromatic rings. The van der Waals surface area contributed by atoms with Gasteiger partial charge in [-0.3, -0.25) is 9.59 Å². The summed E-state index contributed by atoms with van der Waals surface area (Å²) in [4.78, 5) is 24.5. The summed E-state index contributed by atoms with van der Waals surface area (Å²) in [6.07, 6.45) is -0.184. The number of nitrogens with zero attached hydrogens (tertiary/aromatic N) is 1. The van der Waals surface area contributed by atoms with E-state index in [2.05, 4.69) is 4.74 Å². The fourth-order valence-corrected chi connectivity index (χ4v) is 1.75. The lowest BCUT2D eigenvalue weighted by atomic mass is 10.1. The van der Waals surface area contributed by atoms with Crippen molar-refractivity contribution in [3.8, 4) is 0 Å². The maximum Gasteiger partial charge on any atom is 0.310 e. The fraction of sp³-hybridized carbons (Fsp3) is 0.429. The van der Waals surface area contributed by atoms with Gasteiger partial charge in [-0.2, -0.15) is 0 Å². The largest absolute Gasteiger partial charge is 0.469 e. The topological polar surface area (TPSA) is 46.6 Å². The van der Waals surface area contributed by atoms with Crippen molar-refractivity contribution in [2.24, 2.45) is 5.92 Å². The first-order valence-electron chi connectivity index (χ1n) is 6.11. The van der Waals surface area contributed by atoms with Crippen molar-refractivity contribution >= 4 is 11.9 Å². The molecule has 0 fully saturated rings. The molecule has 0 heterocycles. The number of esters is 1. The van der Waals surface area contributed by atoms with Crippen molar-refractivity contribution in [2.75, 3.05) is 20.7 Å². The van der Waals surface area contributed by atoms with Crippen LogP contribution < -0.4 is 0 Å². The third kappa shape index (κ3) is 4.29. The van der Waals surface area contributed by atoms with Crippen LogP contribution in [0.15, 0.2) is 18.2 Å². The molecule has 0 aliphatic rings. The molecule has 0 aliphatic carbocycles. The lowest BCUT2D eigenvalue weighted by Gasteiger charge is -2.20. The molecular formula is C14H17F2NO3. The maximum absolute atomic E-state index is 13.4. The van der Waals surface area contributed by atoms with Crippen molar-refractivity contribution in [3.63, 3.8) is 0 Å². The van der Waals surface area contributed by atoms with Crippen LogP contribution in [0.2, 0.25) is 0 Å². The van der Waals surface area contributed by atoms with Crippen LogP contribution in [0.5, 0.6) is 0 Å². The summed E-state index contributed by atoms with van der Waals surface area (Å²) in [7, 11) is 2.79. The van der Waals surface area contributed by atoms with Gasteiger partial charge in [-0.25, -0.2) is 8.78 Å². The second-order valence-electron chi connectivity index (χ2n) is 4.61.